The largest absolute Gasteiger partial charge is 0.294 e. The topological polar surface area (TPSA) is 45.0 Å². The first-order chi connectivity index (χ1) is 9.22. The maximum absolute atomic E-state index is 11.8. The Kier molecular flexibility index (Phi) is 3.25. The van der Waals surface area contributed by atoms with Crippen LogP contribution in [0.3, 0.4) is 0 Å². The lowest BCUT2D eigenvalue weighted by Gasteiger charge is -2.33. The number of likely N-dealkylation sites (tertiary alicyclic amines) is 1. The summed E-state index contributed by atoms with van der Waals surface area (Å²) < 4.78 is 0. The summed E-state index contributed by atoms with van der Waals surface area (Å²) in [6, 6.07) is 10.4. The fourth-order valence-electron chi connectivity index (χ4n) is 2.72. The van der Waals surface area contributed by atoms with Gasteiger partial charge in [-0.3, -0.25) is 9.69 Å². The highest BCUT2D eigenvalue weighted by molar-refractivity contribution is 6.16. The standard InChI is InChI=1S/C15H17N3O/c1-11-16-14-10-18(8-7-13(14)15(19)17-11)9-12-5-3-2-4-6-12/h2-6,13H,7-10H2,1H3/t13-/m1/s1. The summed E-state index contributed by atoms with van der Waals surface area (Å²) >= 11 is 0. The first-order valence-electron chi connectivity index (χ1n) is 6.65. The first kappa shape index (κ1) is 12.2. The molecule has 1 atom stereocenters. The Morgan fingerprint density at radius 3 is 2.84 bits per heavy atom. The highest BCUT2D eigenvalue weighted by atomic mass is 16.1. The number of nitrogens with zero attached hydrogens (tertiary/aromatic N) is 3. The zero-order valence-electron chi connectivity index (χ0n) is 11.0. The lowest BCUT2D eigenvalue weighted by molar-refractivity contribution is -0.120. The third-order valence-electron chi connectivity index (χ3n) is 3.65. The number of amidine groups is 1. The number of carbonyl (C=O) groups excluding carboxylic acids is 1. The fourth-order valence-corrected chi connectivity index (χ4v) is 2.72. The molecule has 0 radical (unpaired) electrons. The summed E-state index contributed by atoms with van der Waals surface area (Å²) in [5.74, 6) is 0.510. The van der Waals surface area contributed by atoms with E-state index in [1.165, 1.54) is 5.56 Å². The molecule has 98 valence electrons. The Labute approximate surface area is 112 Å². The zero-order valence-corrected chi connectivity index (χ0v) is 11.0. The van der Waals surface area contributed by atoms with Crippen molar-refractivity contribution in [1.29, 1.82) is 0 Å². The van der Waals surface area contributed by atoms with Gasteiger partial charge in [-0.25, -0.2) is 4.99 Å². The molecule has 1 amide bonds. The Bertz CT molecular complexity index is 548. The molecule has 0 spiro atoms. The molecule has 4 nitrogen and oxygen atoms in total. The predicted molar refractivity (Wildman–Crippen MR) is 75.4 cm³/mol. The van der Waals surface area contributed by atoms with E-state index in [1.807, 2.05) is 6.07 Å². The maximum Gasteiger partial charge on any atom is 0.256 e. The van der Waals surface area contributed by atoms with Crippen LogP contribution in [0.15, 0.2) is 40.3 Å². The number of benzene rings is 1. The molecule has 2 aliphatic heterocycles. The molecular formula is C15H17N3O. The summed E-state index contributed by atoms with van der Waals surface area (Å²) in [6.45, 7) is 4.41. The Balaban J connectivity index is 1.72. The highest BCUT2D eigenvalue weighted by Crippen LogP contribution is 2.21. The Hall–Kier alpha value is -1.81. The van der Waals surface area contributed by atoms with E-state index >= 15 is 0 Å². The normalized spacial score (nSPS) is 23.6. The van der Waals surface area contributed by atoms with Crippen molar-refractivity contribution in [3.63, 3.8) is 0 Å². The fraction of sp³-hybridized carbons (Fsp3) is 0.400. The smallest absolute Gasteiger partial charge is 0.256 e. The minimum Gasteiger partial charge on any atom is -0.294 e. The van der Waals surface area contributed by atoms with Gasteiger partial charge in [0.1, 0.15) is 5.84 Å². The minimum atomic E-state index is -0.0734. The highest BCUT2D eigenvalue weighted by Gasteiger charge is 2.32. The number of rotatable bonds is 2. The van der Waals surface area contributed by atoms with E-state index in [0.717, 1.165) is 31.8 Å². The number of fused-ring (bicyclic) bond motifs is 1. The first-order valence-corrected chi connectivity index (χ1v) is 6.65. The van der Waals surface area contributed by atoms with Crippen molar-refractivity contribution in [2.75, 3.05) is 13.1 Å². The number of hydrogen-bond donors (Lipinski definition) is 0. The van der Waals surface area contributed by atoms with Gasteiger partial charge in [-0.05, 0) is 18.9 Å². The molecule has 4 heteroatoms. The van der Waals surface area contributed by atoms with Crippen molar-refractivity contribution in [3.05, 3.63) is 35.9 Å². The van der Waals surface area contributed by atoms with Crippen LogP contribution in [-0.4, -0.2) is 35.4 Å². The van der Waals surface area contributed by atoms with Crippen LogP contribution in [0.2, 0.25) is 0 Å². The number of aliphatic imine (C=N–C) groups is 2. The third kappa shape index (κ3) is 2.63. The lowest BCUT2D eigenvalue weighted by atomic mass is 9.92. The van der Waals surface area contributed by atoms with Crippen LogP contribution in [0.1, 0.15) is 18.9 Å². The Morgan fingerprint density at radius 2 is 2.05 bits per heavy atom. The van der Waals surface area contributed by atoms with Gasteiger partial charge >= 0.3 is 0 Å². The van der Waals surface area contributed by atoms with Crippen molar-refractivity contribution in [1.82, 2.24) is 4.90 Å². The Morgan fingerprint density at radius 1 is 1.26 bits per heavy atom. The minimum absolute atomic E-state index is 0.0122. The van der Waals surface area contributed by atoms with Crippen molar-refractivity contribution in [2.24, 2.45) is 15.9 Å². The molecule has 0 bridgehead atoms. The van der Waals surface area contributed by atoms with Crippen LogP contribution in [0, 0.1) is 5.92 Å². The van der Waals surface area contributed by atoms with Crippen LogP contribution in [-0.2, 0) is 11.3 Å². The second-order valence-electron chi connectivity index (χ2n) is 5.14. The van der Waals surface area contributed by atoms with E-state index in [2.05, 4.69) is 39.2 Å². The van der Waals surface area contributed by atoms with Gasteiger partial charge in [-0.1, -0.05) is 30.3 Å². The van der Waals surface area contributed by atoms with Crippen molar-refractivity contribution in [3.8, 4) is 0 Å². The van der Waals surface area contributed by atoms with Crippen LogP contribution in [0.4, 0.5) is 0 Å². The van der Waals surface area contributed by atoms with Crippen LogP contribution in [0.5, 0.6) is 0 Å². The van der Waals surface area contributed by atoms with Gasteiger partial charge in [0.2, 0.25) is 0 Å². The quantitative estimate of drug-likeness (QED) is 0.810. The molecule has 2 heterocycles. The average molecular weight is 255 g/mol. The lowest BCUT2D eigenvalue weighted by Crippen LogP contribution is -2.44. The van der Waals surface area contributed by atoms with Gasteiger partial charge in [0, 0.05) is 25.3 Å². The number of hydrogen-bond acceptors (Lipinski definition) is 3. The molecular weight excluding hydrogens is 238 g/mol. The van der Waals surface area contributed by atoms with Gasteiger partial charge in [0.25, 0.3) is 5.91 Å². The molecule has 0 aliphatic carbocycles. The predicted octanol–water partition coefficient (Wildman–Crippen LogP) is 1.91. The number of carbonyl (C=O) groups is 1. The summed E-state index contributed by atoms with van der Waals surface area (Å²) in [6.07, 6.45) is 0.835. The van der Waals surface area contributed by atoms with E-state index < -0.39 is 0 Å². The average Bonchev–Trinajstić information content (AvgIpc) is 2.39. The molecule has 1 fully saturated rings. The maximum atomic E-state index is 11.8. The zero-order chi connectivity index (χ0) is 13.2. The van der Waals surface area contributed by atoms with Gasteiger partial charge in [-0.2, -0.15) is 4.99 Å². The molecule has 1 aromatic carbocycles. The van der Waals surface area contributed by atoms with Gasteiger partial charge in [-0.15, -0.1) is 0 Å². The molecule has 1 saturated heterocycles. The van der Waals surface area contributed by atoms with E-state index in [1.54, 1.807) is 6.92 Å². The van der Waals surface area contributed by atoms with Crippen molar-refractivity contribution < 1.29 is 4.79 Å². The number of piperidine rings is 1. The van der Waals surface area contributed by atoms with Crippen LogP contribution < -0.4 is 0 Å². The van der Waals surface area contributed by atoms with Crippen molar-refractivity contribution in [2.45, 2.75) is 19.9 Å². The monoisotopic (exact) mass is 255 g/mol. The van der Waals surface area contributed by atoms with Crippen molar-refractivity contribution >= 4 is 17.5 Å². The van der Waals surface area contributed by atoms with E-state index in [0.29, 0.717) is 5.84 Å². The molecule has 2 aliphatic rings. The van der Waals surface area contributed by atoms with Gasteiger partial charge in [0.15, 0.2) is 0 Å². The summed E-state index contributed by atoms with van der Waals surface area (Å²) in [7, 11) is 0. The molecule has 3 rings (SSSR count). The summed E-state index contributed by atoms with van der Waals surface area (Å²) in [4.78, 5) is 22.6. The van der Waals surface area contributed by atoms with E-state index in [4.69, 9.17) is 0 Å². The molecule has 0 unspecified atom stereocenters. The molecule has 0 N–H and O–H groups in total. The van der Waals surface area contributed by atoms with Gasteiger partial charge < -0.3 is 0 Å². The SMILES string of the molecule is CC1=NC(=O)[C@@H]2CCN(Cc3ccccc3)CC2=N1. The van der Waals surface area contributed by atoms with Gasteiger partial charge in [0.05, 0.1) is 5.92 Å². The molecule has 0 saturated carbocycles. The third-order valence-corrected chi connectivity index (χ3v) is 3.65. The summed E-state index contributed by atoms with van der Waals surface area (Å²) in [5, 5.41) is 0. The van der Waals surface area contributed by atoms with Crippen LogP contribution >= 0.6 is 0 Å². The molecule has 19 heavy (non-hydrogen) atoms. The summed E-state index contributed by atoms with van der Waals surface area (Å²) in [5.41, 5.74) is 2.29. The van der Waals surface area contributed by atoms with E-state index in [-0.39, 0.29) is 11.8 Å². The number of amides is 1. The second-order valence-corrected chi connectivity index (χ2v) is 5.14. The van der Waals surface area contributed by atoms with E-state index in [9.17, 15) is 4.79 Å². The second kappa shape index (κ2) is 5.05. The molecule has 1 aromatic rings. The van der Waals surface area contributed by atoms with Crippen LogP contribution in [0.25, 0.3) is 0 Å². The molecule has 0 aromatic heterocycles.